The second-order valence-electron chi connectivity index (χ2n) is 8.06. The molecule has 1 saturated carbocycles. The van der Waals surface area contributed by atoms with Crippen molar-refractivity contribution in [2.75, 3.05) is 32.1 Å². The zero-order chi connectivity index (χ0) is 19.5. The molecule has 0 spiro atoms. The highest BCUT2D eigenvalue weighted by molar-refractivity contribution is 5.91. The molecule has 0 saturated heterocycles. The second-order valence-corrected chi connectivity index (χ2v) is 8.06. The van der Waals surface area contributed by atoms with E-state index in [2.05, 4.69) is 38.4 Å². The quantitative estimate of drug-likeness (QED) is 0.865. The SMILES string of the molecule is CN(C)c1cnc(C(=O)NCc2ccc3c(c2)CCN(C2CCC2)CC3)cn1. The molecule has 0 unspecified atom stereocenters. The Bertz CT molecular complexity index is 829. The highest BCUT2D eigenvalue weighted by Gasteiger charge is 2.26. The van der Waals surface area contributed by atoms with E-state index in [-0.39, 0.29) is 5.91 Å². The van der Waals surface area contributed by atoms with Gasteiger partial charge in [0.05, 0.1) is 12.4 Å². The van der Waals surface area contributed by atoms with Gasteiger partial charge in [-0.3, -0.25) is 9.69 Å². The van der Waals surface area contributed by atoms with E-state index in [0.29, 0.717) is 12.2 Å². The van der Waals surface area contributed by atoms with Crippen LogP contribution in [0.25, 0.3) is 0 Å². The van der Waals surface area contributed by atoms with Crippen molar-refractivity contribution in [2.24, 2.45) is 0 Å². The van der Waals surface area contributed by atoms with E-state index < -0.39 is 0 Å². The molecule has 0 bridgehead atoms. The average molecular weight is 380 g/mol. The van der Waals surface area contributed by atoms with Gasteiger partial charge in [0, 0.05) is 39.8 Å². The predicted octanol–water partition coefficient (Wildman–Crippen LogP) is 2.43. The van der Waals surface area contributed by atoms with Gasteiger partial charge >= 0.3 is 0 Å². The van der Waals surface area contributed by atoms with Crippen LogP contribution in [-0.4, -0.2) is 54.0 Å². The first-order valence-electron chi connectivity index (χ1n) is 10.2. The summed E-state index contributed by atoms with van der Waals surface area (Å²) in [5.41, 5.74) is 4.38. The Morgan fingerprint density at radius 3 is 2.57 bits per heavy atom. The lowest BCUT2D eigenvalue weighted by molar-refractivity contribution is 0.0945. The first kappa shape index (κ1) is 18.9. The van der Waals surface area contributed by atoms with Crippen LogP contribution in [0.3, 0.4) is 0 Å². The molecular formula is C22H29N5O. The van der Waals surface area contributed by atoms with Crippen molar-refractivity contribution in [3.05, 3.63) is 53.0 Å². The maximum absolute atomic E-state index is 12.4. The van der Waals surface area contributed by atoms with Crippen LogP contribution in [0.2, 0.25) is 0 Å². The molecule has 1 amide bonds. The van der Waals surface area contributed by atoms with Gasteiger partial charge in [-0.15, -0.1) is 0 Å². The molecule has 2 aliphatic rings. The summed E-state index contributed by atoms with van der Waals surface area (Å²) in [6.45, 7) is 2.84. The second kappa shape index (κ2) is 8.27. The van der Waals surface area contributed by atoms with E-state index in [4.69, 9.17) is 0 Å². The summed E-state index contributed by atoms with van der Waals surface area (Å²) >= 11 is 0. The maximum atomic E-state index is 12.4. The molecule has 1 aromatic heterocycles. The van der Waals surface area contributed by atoms with Crippen molar-refractivity contribution in [3.63, 3.8) is 0 Å². The Kier molecular flexibility index (Phi) is 5.57. The molecule has 1 N–H and O–H groups in total. The number of aromatic nitrogens is 2. The Labute approximate surface area is 167 Å². The summed E-state index contributed by atoms with van der Waals surface area (Å²) in [5.74, 6) is 0.544. The van der Waals surface area contributed by atoms with Crippen LogP contribution < -0.4 is 10.2 Å². The molecule has 0 atom stereocenters. The fraction of sp³-hybridized carbons (Fsp3) is 0.500. The summed E-state index contributed by atoms with van der Waals surface area (Å²) in [6.07, 6.45) is 9.50. The van der Waals surface area contributed by atoms with Crippen LogP contribution in [0, 0.1) is 0 Å². The van der Waals surface area contributed by atoms with Crippen LogP contribution in [-0.2, 0) is 19.4 Å². The molecule has 1 aliphatic heterocycles. The van der Waals surface area contributed by atoms with Crippen LogP contribution in [0.5, 0.6) is 0 Å². The number of hydrogen-bond donors (Lipinski definition) is 1. The number of benzene rings is 1. The summed E-state index contributed by atoms with van der Waals surface area (Å²) in [4.78, 5) is 25.4. The molecule has 0 radical (unpaired) electrons. The normalized spacial score (nSPS) is 17.4. The molecule has 4 rings (SSSR count). The van der Waals surface area contributed by atoms with Crippen molar-refractivity contribution in [1.29, 1.82) is 0 Å². The molecule has 148 valence electrons. The Balaban J connectivity index is 1.35. The van der Waals surface area contributed by atoms with Gasteiger partial charge in [-0.25, -0.2) is 9.97 Å². The van der Waals surface area contributed by atoms with Gasteiger partial charge in [0.15, 0.2) is 0 Å². The van der Waals surface area contributed by atoms with Crippen LogP contribution >= 0.6 is 0 Å². The Morgan fingerprint density at radius 2 is 1.93 bits per heavy atom. The largest absolute Gasteiger partial charge is 0.361 e. The monoisotopic (exact) mass is 379 g/mol. The molecule has 2 heterocycles. The zero-order valence-electron chi connectivity index (χ0n) is 16.8. The third-order valence-corrected chi connectivity index (χ3v) is 5.98. The number of rotatable bonds is 5. The topological polar surface area (TPSA) is 61.4 Å². The number of hydrogen-bond acceptors (Lipinski definition) is 5. The van der Waals surface area contributed by atoms with Crippen molar-refractivity contribution < 1.29 is 4.79 Å². The van der Waals surface area contributed by atoms with Crippen molar-refractivity contribution >= 4 is 11.7 Å². The van der Waals surface area contributed by atoms with Crippen molar-refractivity contribution in [1.82, 2.24) is 20.2 Å². The number of fused-ring (bicyclic) bond motifs is 1. The number of anilines is 1. The molecule has 1 fully saturated rings. The molecule has 1 aliphatic carbocycles. The van der Waals surface area contributed by atoms with E-state index >= 15 is 0 Å². The summed E-state index contributed by atoms with van der Waals surface area (Å²) < 4.78 is 0. The molecule has 2 aromatic rings. The smallest absolute Gasteiger partial charge is 0.271 e. The summed E-state index contributed by atoms with van der Waals surface area (Å²) in [5, 5.41) is 2.97. The number of amides is 1. The molecule has 6 nitrogen and oxygen atoms in total. The van der Waals surface area contributed by atoms with E-state index in [9.17, 15) is 4.79 Å². The van der Waals surface area contributed by atoms with Crippen molar-refractivity contribution in [2.45, 2.75) is 44.7 Å². The van der Waals surface area contributed by atoms with Crippen LogP contribution in [0.1, 0.15) is 46.4 Å². The van der Waals surface area contributed by atoms with Crippen LogP contribution in [0.15, 0.2) is 30.6 Å². The first-order valence-corrected chi connectivity index (χ1v) is 10.2. The molecule has 6 heteroatoms. The van der Waals surface area contributed by atoms with Crippen LogP contribution in [0.4, 0.5) is 5.82 Å². The third-order valence-electron chi connectivity index (χ3n) is 5.98. The number of carbonyl (C=O) groups excluding carboxylic acids is 1. The lowest BCUT2D eigenvalue weighted by atomic mass is 9.91. The number of nitrogens with zero attached hydrogens (tertiary/aromatic N) is 4. The minimum atomic E-state index is -0.191. The minimum Gasteiger partial charge on any atom is -0.361 e. The maximum Gasteiger partial charge on any atom is 0.271 e. The van der Waals surface area contributed by atoms with Gasteiger partial charge < -0.3 is 10.2 Å². The molecule has 1 aromatic carbocycles. The van der Waals surface area contributed by atoms with Gasteiger partial charge in [0.1, 0.15) is 11.5 Å². The van der Waals surface area contributed by atoms with Gasteiger partial charge in [-0.1, -0.05) is 24.6 Å². The third kappa shape index (κ3) is 4.17. The number of carbonyl (C=O) groups is 1. The molecular weight excluding hydrogens is 350 g/mol. The van der Waals surface area contributed by atoms with E-state index in [1.807, 2.05) is 19.0 Å². The fourth-order valence-corrected chi connectivity index (χ4v) is 3.97. The highest BCUT2D eigenvalue weighted by Crippen LogP contribution is 2.27. The highest BCUT2D eigenvalue weighted by atomic mass is 16.1. The summed E-state index contributed by atoms with van der Waals surface area (Å²) in [7, 11) is 3.79. The lowest BCUT2D eigenvalue weighted by Gasteiger charge is -2.36. The van der Waals surface area contributed by atoms with E-state index in [1.165, 1.54) is 43.1 Å². The predicted molar refractivity (Wildman–Crippen MR) is 111 cm³/mol. The molecule has 28 heavy (non-hydrogen) atoms. The average Bonchev–Trinajstić information content (AvgIpc) is 2.87. The summed E-state index contributed by atoms with van der Waals surface area (Å²) in [6, 6.07) is 7.46. The van der Waals surface area contributed by atoms with E-state index in [1.54, 1.807) is 6.20 Å². The van der Waals surface area contributed by atoms with Crippen molar-refractivity contribution in [3.8, 4) is 0 Å². The van der Waals surface area contributed by atoms with Gasteiger partial charge in [-0.2, -0.15) is 0 Å². The Morgan fingerprint density at radius 1 is 1.14 bits per heavy atom. The minimum absolute atomic E-state index is 0.191. The van der Waals surface area contributed by atoms with E-state index in [0.717, 1.165) is 36.8 Å². The van der Waals surface area contributed by atoms with Gasteiger partial charge in [0.2, 0.25) is 0 Å². The standard InChI is InChI=1S/C22H29N5O/c1-26(2)21-15-23-20(14-24-21)22(28)25-13-16-6-7-17-8-10-27(19-4-3-5-19)11-9-18(17)12-16/h6-7,12,14-15,19H,3-5,8-11,13H2,1-2H3,(H,25,28). The first-order chi connectivity index (χ1) is 13.6. The fourth-order valence-electron chi connectivity index (χ4n) is 3.97. The lowest BCUT2D eigenvalue weighted by Crippen LogP contribution is -2.41. The zero-order valence-corrected chi connectivity index (χ0v) is 16.8. The van der Waals surface area contributed by atoms with Gasteiger partial charge in [0.25, 0.3) is 5.91 Å². The van der Waals surface area contributed by atoms with Gasteiger partial charge in [-0.05, 0) is 42.4 Å². The Hall–Kier alpha value is -2.47. The number of nitrogens with one attached hydrogen (secondary N) is 1.